The quantitative estimate of drug-likeness (QED) is 0.401. The van der Waals surface area contributed by atoms with Crippen LogP contribution in [0.15, 0.2) is 48.0 Å². The molecule has 1 atom stereocenters. The molecule has 6 nitrogen and oxygen atoms in total. The third kappa shape index (κ3) is 4.81. The number of nitrogens with zero attached hydrogens (tertiary/aromatic N) is 2. The highest BCUT2D eigenvalue weighted by atomic mass is 16.5. The summed E-state index contributed by atoms with van der Waals surface area (Å²) in [6.45, 7) is 8.71. The third-order valence-corrected chi connectivity index (χ3v) is 6.16. The number of hydrogen-bond acceptors (Lipinski definition) is 5. The van der Waals surface area contributed by atoms with Crippen LogP contribution in [0.25, 0.3) is 5.76 Å². The van der Waals surface area contributed by atoms with Crippen molar-refractivity contribution in [1.29, 1.82) is 0 Å². The van der Waals surface area contributed by atoms with Crippen LogP contribution in [0.1, 0.15) is 49.1 Å². The third-order valence-electron chi connectivity index (χ3n) is 6.16. The van der Waals surface area contributed by atoms with E-state index in [1.807, 2.05) is 68.4 Å². The first-order chi connectivity index (χ1) is 15.5. The second-order valence-corrected chi connectivity index (χ2v) is 9.75. The number of aliphatic hydroxyl groups excluding tert-OH is 1. The lowest BCUT2D eigenvalue weighted by Gasteiger charge is -2.26. The number of aliphatic hydroxyl groups is 1. The van der Waals surface area contributed by atoms with Crippen molar-refractivity contribution in [3.05, 3.63) is 70.3 Å². The second-order valence-electron chi connectivity index (χ2n) is 9.75. The molecule has 33 heavy (non-hydrogen) atoms. The highest BCUT2D eigenvalue weighted by Crippen LogP contribution is 2.40. The van der Waals surface area contributed by atoms with Gasteiger partial charge in [-0.2, -0.15) is 0 Å². The highest BCUT2D eigenvalue weighted by molar-refractivity contribution is 6.46. The molecule has 2 aromatic carbocycles. The lowest BCUT2D eigenvalue weighted by atomic mass is 9.84. The second kappa shape index (κ2) is 9.40. The number of benzene rings is 2. The van der Waals surface area contributed by atoms with Crippen LogP contribution in [0.2, 0.25) is 0 Å². The monoisotopic (exact) mass is 450 g/mol. The van der Waals surface area contributed by atoms with Gasteiger partial charge in [-0.3, -0.25) is 9.59 Å². The van der Waals surface area contributed by atoms with Crippen LogP contribution in [-0.4, -0.2) is 56.1 Å². The summed E-state index contributed by atoms with van der Waals surface area (Å²) >= 11 is 0. The van der Waals surface area contributed by atoms with Gasteiger partial charge < -0.3 is 19.6 Å². The van der Waals surface area contributed by atoms with Gasteiger partial charge in [0.1, 0.15) is 5.76 Å². The number of ether oxygens (including phenoxy) is 1. The summed E-state index contributed by atoms with van der Waals surface area (Å²) in [6.07, 6.45) is 0. The standard InChI is InChI=1S/C27H34N2O4/c1-17-8-11-19(27(2,3)4)16-21(17)24(30)22-23(18-9-12-20(13-10-18)28(5)6)29(14-15-33-7)26(32)25(22)31/h8-13,16,23,30H,14-15H2,1-7H3/b24-22+. The van der Waals surface area contributed by atoms with Gasteiger partial charge in [0.25, 0.3) is 11.7 Å². The zero-order valence-corrected chi connectivity index (χ0v) is 20.6. The summed E-state index contributed by atoms with van der Waals surface area (Å²) in [4.78, 5) is 29.7. The molecule has 1 heterocycles. The summed E-state index contributed by atoms with van der Waals surface area (Å²) in [7, 11) is 5.45. The molecule has 0 bridgehead atoms. The van der Waals surface area contributed by atoms with Crippen molar-refractivity contribution in [1.82, 2.24) is 4.90 Å². The number of carbonyl (C=O) groups excluding carboxylic acids is 2. The summed E-state index contributed by atoms with van der Waals surface area (Å²) in [5, 5.41) is 11.4. The predicted octanol–water partition coefficient (Wildman–Crippen LogP) is 4.43. The minimum Gasteiger partial charge on any atom is -0.507 e. The van der Waals surface area contributed by atoms with E-state index in [0.29, 0.717) is 5.56 Å². The van der Waals surface area contributed by atoms with Gasteiger partial charge in [-0.05, 0) is 47.2 Å². The van der Waals surface area contributed by atoms with Gasteiger partial charge in [0.05, 0.1) is 18.2 Å². The first-order valence-corrected chi connectivity index (χ1v) is 11.1. The molecule has 1 N–H and O–H groups in total. The van der Waals surface area contributed by atoms with Gasteiger partial charge >= 0.3 is 0 Å². The molecule has 1 aliphatic heterocycles. The minimum absolute atomic E-state index is 0.114. The molecule has 176 valence electrons. The van der Waals surface area contributed by atoms with E-state index in [-0.39, 0.29) is 29.9 Å². The molecule has 2 aromatic rings. The number of likely N-dealkylation sites (tertiary alicyclic amines) is 1. The largest absolute Gasteiger partial charge is 0.507 e. The predicted molar refractivity (Wildman–Crippen MR) is 132 cm³/mol. The summed E-state index contributed by atoms with van der Waals surface area (Å²) in [6, 6.07) is 12.9. The van der Waals surface area contributed by atoms with E-state index in [0.717, 1.165) is 22.4 Å². The molecule has 3 rings (SSSR count). The fourth-order valence-corrected chi connectivity index (χ4v) is 4.09. The van der Waals surface area contributed by atoms with Gasteiger partial charge in [0.15, 0.2) is 0 Å². The van der Waals surface area contributed by atoms with Crippen LogP contribution in [0, 0.1) is 6.92 Å². The van der Waals surface area contributed by atoms with Crippen LogP contribution in [0.3, 0.4) is 0 Å². The van der Waals surface area contributed by atoms with E-state index in [4.69, 9.17) is 4.74 Å². The Labute approximate surface area is 196 Å². The van der Waals surface area contributed by atoms with Gasteiger partial charge in [0, 0.05) is 39.0 Å². The van der Waals surface area contributed by atoms with Gasteiger partial charge in [-0.1, -0.05) is 45.0 Å². The summed E-state index contributed by atoms with van der Waals surface area (Å²) in [5.41, 5.74) is 4.20. The molecule has 0 aliphatic carbocycles. The zero-order valence-electron chi connectivity index (χ0n) is 20.6. The van der Waals surface area contributed by atoms with Gasteiger partial charge in [-0.25, -0.2) is 0 Å². The van der Waals surface area contributed by atoms with Crippen molar-refractivity contribution in [3.63, 3.8) is 0 Å². The zero-order chi connectivity index (χ0) is 24.5. The molecule has 1 fully saturated rings. The van der Waals surface area contributed by atoms with Crippen LogP contribution in [-0.2, 0) is 19.7 Å². The van der Waals surface area contributed by atoms with E-state index in [2.05, 4.69) is 20.8 Å². The van der Waals surface area contributed by atoms with Crippen molar-refractivity contribution in [2.45, 2.75) is 39.2 Å². The Balaban J connectivity index is 2.21. The van der Waals surface area contributed by atoms with Crippen molar-refractivity contribution >= 4 is 23.1 Å². The van der Waals surface area contributed by atoms with E-state index >= 15 is 0 Å². The maximum Gasteiger partial charge on any atom is 0.295 e. The van der Waals surface area contributed by atoms with E-state index < -0.39 is 17.7 Å². The fraction of sp³-hybridized carbons (Fsp3) is 0.407. The maximum absolute atomic E-state index is 13.2. The van der Waals surface area contributed by atoms with Crippen LogP contribution in [0.4, 0.5) is 5.69 Å². The molecule has 1 amide bonds. The average molecular weight is 451 g/mol. The number of aryl methyl sites for hydroxylation is 1. The SMILES string of the molecule is COCCN1C(=O)C(=O)/C(=C(/O)c2cc(C(C)(C)C)ccc2C)C1c1ccc(N(C)C)cc1. The topological polar surface area (TPSA) is 70.1 Å². The molecular weight excluding hydrogens is 416 g/mol. The van der Waals surface area contributed by atoms with Crippen LogP contribution >= 0.6 is 0 Å². The van der Waals surface area contributed by atoms with E-state index in [1.54, 1.807) is 7.11 Å². The Hall–Kier alpha value is -3.12. The van der Waals surface area contributed by atoms with Gasteiger partial charge in [0.2, 0.25) is 0 Å². The Kier molecular flexibility index (Phi) is 6.98. The molecule has 6 heteroatoms. The van der Waals surface area contributed by atoms with Crippen molar-refractivity contribution in [2.75, 3.05) is 39.3 Å². The van der Waals surface area contributed by atoms with Crippen molar-refractivity contribution in [2.24, 2.45) is 0 Å². The maximum atomic E-state index is 13.2. The van der Waals surface area contributed by atoms with E-state index in [1.165, 1.54) is 4.90 Å². The minimum atomic E-state index is -0.686. The van der Waals surface area contributed by atoms with Gasteiger partial charge in [-0.15, -0.1) is 0 Å². The van der Waals surface area contributed by atoms with Crippen molar-refractivity contribution in [3.8, 4) is 0 Å². The first kappa shape index (κ1) is 24.5. The lowest BCUT2D eigenvalue weighted by Crippen LogP contribution is -2.32. The molecule has 0 spiro atoms. The molecule has 0 radical (unpaired) electrons. The molecule has 1 unspecified atom stereocenters. The molecule has 0 aromatic heterocycles. The molecule has 1 aliphatic rings. The van der Waals surface area contributed by atoms with Crippen LogP contribution < -0.4 is 4.90 Å². The number of hydrogen-bond donors (Lipinski definition) is 1. The fourth-order valence-electron chi connectivity index (χ4n) is 4.09. The Bertz CT molecular complexity index is 1080. The van der Waals surface area contributed by atoms with Crippen molar-refractivity contribution < 1.29 is 19.4 Å². The number of anilines is 1. The number of carbonyl (C=O) groups is 2. The summed E-state index contributed by atoms with van der Waals surface area (Å²) < 4.78 is 5.18. The normalized spacial score (nSPS) is 18.2. The number of amides is 1. The molecular formula is C27H34N2O4. The Morgan fingerprint density at radius 1 is 1.09 bits per heavy atom. The Morgan fingerprint density at radius 2 is 1.73 bits per heavy atom. The molecule has 0 saturated carbocycles. The Morgan fingerprint density at radius 3 is 2.27 bits per heavy atom. The number of Topliss-reactive ketones (excluding diaryl/α,β-unsaturated/α-hetero) is 1. The number of methoxy groups -OCH3 is 1. The number of rotatable bonds is 6. The average Bonchev–Trinajstić information content (AvgIpc) is 3.01. The smallest absolute Gasteiger partial charge is 0.295 e. The number of ketones is 1. The lowest BCUT2D eigenvalue weighted by molar-refractivity contribution is -0.140. The first-order valence-electron chi connectivity index (χ1n) is 11.1. The van der Waals surface area contributed by atoms with Crippen LogP contribution in [0.5, 0.6) is 0 Å². The molecule has 1 saturated heterocycles. The van der Waals surface area contributed by atoms with E-state index in [9.17, 15) is 14.7 Å². The highest BCUT2D eigenvalue weighted by Gasteiger charge is 2.46. The summed E-state index contributed by atoms with van der Waals surface area (Å²) in [5.74, 6) is -1.44.